The number of nitrogens with two attached hydrogens (primary N) is 1. The molecule has 20 heavy (non-hydrogen) atoms. The smallest absolute Gasteiger partial charge is 0.202 e. The van der Waals surface area contributed by atoms with Gasteiger partial charge in [-0.15, -0.1) is 0 Å². The number of hydrogen-bond donors (Lipinski definition) is 1. The number of hydrogen-bond acceptors (Lipinski definition) is 4. The van der Waals surface area contributed by atoms with Gasteiger partial charge in [-0.05, 0) is 23.8 Å². The van der Waals surface area contributed by atoms with E-state index >= 15 is 0 Å². The van der Waals surface area contributed by atoms with Crippen LogP contribution in [0.25, 0.3) is 11.2 Å². The fourth-order valence-electron chi connectivity index (χ4n) is 2.11. The van der Waals surface area contributed by atoms with Crippen molar-refractivity contribution in [2.45, 2.75) is 6.54 Å². The second-order valence-corrected chi connectivity index (χ2v) is 4.84. The second kappa shape index (κ2) is 5.02. The lowest BCUT2D eigenvalue weighted by molar-refractivity contribution is 0.414. The molecular formula is C14H13ClN4O. The fraction of sp³-hybridized carbons (Fsp3) is 0.143. The summed E-state index contributed by atoms with van der Waals surface area (Å²) in [4.78, 5) is 8.57. The van der Waals surface area contributed by atoms with Crippen LogP contribution in [0.15, 0.2) is 36.5 Å². The molecule has 0 spiro atoms. The van der Waals surface area contributed by atoms with Gasteiger partial charge in [-0.2, -0.15) is 0 Å². The molecule has 102 valence electrons. The van der Waals surface area contributed by atoms with Crippen LogP contribution in [-0.4, -0.2) is 21.6 Å². The minimum absolute atomic E-state index is 0.414. The van der Waals surface area contributed by atoms with Crippen molar-refractivity contribution in [3.05, 3.63) is 47.1 Å². The zero-order chi connectivity index (χ0) is 14.1. The summed E-state index contributed by atoms with van der Waals surface area (Å²) in [6.45, 7) is 0.578. The van der Waals surface area contributed by atoms with Gasteiger partial charge in [-0.3, -0.25) is 4.57 Å². The van der Waals surface area contributed by atoms with Crippen LogP contribution < -0.4 is 10.5 Å². The zero-order valence-corrected chi connectivity index (χ0v) is 11.6. The van der Waals surface area contributed by atoms with Crippen LogP contribution in [0.3, 0.4) is 0 Å². The van der Waals surface area contributed by atoms with E-state index in [0.29, 0.717) is 23.0 Å². The van der Waals surface area contributed by atoms with Crippen molar-refractivity contribution < 1.29 is 4.74 Å². The number of nitrogens with zero attached hydrogens (tertiary/aromatic N) is 3. The Labute approximate surface area is 121 Å². The number of pyridine rings is 1. The van der Waals surface area contributed by atoms with E-state index in [2.05, 4.69) is 9.97 Å². The lowest BCUT2D eigenvalue weighted by atomic mass is 10.2. The number of imidazole rings is 1. The molecule has 1 aromatic carbocycles. The molecule has 6 heteroatoms. The molecule has 0 saturated carbocycles. The Morgan fingerprint density at radius 1 is 1.35 bits per heavy atom. The van der Waals surface area contributed by atoms with Gasteiger partial charge in [0, 0.05) is 6.20 Å². The zero-order valence-electron chi connectivity index (χ0n) is 10.9. The highest BCUT2D eigenvalue weighted by molar-refractivity contribution is 6.31. The van der Waals surface area contributed by atoms with Gasteiger partial charge in [0.1, 0.15) is 11.3 Å². The number of ether oxygens (including phenoxy) is 1. The number of benzene rings is 1. The van der Waals surface area contributed by atoms with Crippen LogP contribution in [-0.2, 0) is 6.54 Å². The van der Waals surface area contributed by atoms with E-state index in [1.165, 1.54) is 0 Å². The summed E-state index contributed by atoms with van der Waals surface area (Å²) < 4.78 is 7.07. The number of methoxy groups -OCH3 is 1. The first-order valence-electron chi connectivity index (χ1n) is 6.07. The Balaban J connectivity index is 2.03. The summed E-state index contributed by atoms with van der Waals surface area (Å²) in [5, 5.41) is 0.545. The maximum Gasteiger partial charge on any atom is 0.202 e. The minimum Gasteiger partial charge on any atom is -0.497 e. The number of aromatic nitrogens is 3. The van der Waals surface area contributed by atoms with Crippen molar-refractivity contribution in [1.29, 1.82) is 0 Å². The molecule has 2 N–H and O–H groups in total. The molecule has 0 bridgehead atoms. The predicted molar refractivity (Wildman–Crippen MR) is 79.0 cm³/mol. The predicted octanol–water partition coefficient (Wildman–Crippen LogP) is 2.72. The van der Waals surface area contributed by atoms with E-state index in [9.17, 15) is 0 Å². The monoisotopic (exact) mass is 288 g/mol. The molecule has 0 aliphatic heterocycles. The van der Waals surface area contributed by atoms with Crippen LogP contribution in [0, 0.1) is 0 Å². The van der Waals surface area contributed by atoms with Gasteiger partial charge in [-0.1, -0.05) is 23.7 Å². The summed E-state index contributed by atoms with van der Waals surface area (Å²) in [5.74, 6) is 1.22. The maximum absolute atomic E-state index is 5.96. The lowest BCUT2D eigenvalue weighted by Gasteiger charge is -2.07. The number of anilines is 1. The Bertz CT molecular complexity index is 769. The molecule has 0 amide bonds. The Hall–Kier alpha value is -2.27. The first kappa shape index (κ1) is 12.7. The van der Waals surface area contributed by atoms with E-state index in [0.717, 1.165) is 17.0 Å². The number of rotatable bonds is 3. The molecule has 0 aliphatic carbocycles. The summed E-state index contributed by atoms with van der Waals surface area (Å²) in [6, 6.07) is 9.55. The van der Waals surface area contributed by atoms with Gasteiger partial charge in [0.15, 0.2) is 5.65 Å². The first-order chi connectivity index (χ1) is 9.67. The van der Waals surface area contributed by atoms with Crippen molar-refractivity contribution in [3.8, 4) is 5.75 Å². The summed E-state index contributed by atoms with van der Waals surface area (Å²) >= 11 is 5.91. The van der Waals surface area contributed by atoms with Crippen molar-refractivity contribution in [3.63, 3.8) is 0 Å². The van der Waals surface area contributed by atoms with E-state index in [-0.39, 0.29) is 0 Å². The molecule has 3 aromatic rings. The average molecular weight is 289 g/mol. The van der Waals surface area contributed by atoms with Crippen LogP contribution in [0.4, 0.5) is 5.95 Å². The number of halogens is 1. The number of fused-ring (bicyclic) bond motifs is 1. The Morgan fingerprint density at radius 3 is 3.00 bits per heavy atom. The highest BCUT2D eigenvalue weighted by atomic mass is 35.5. The molecule has 0 aliphatic rings. The third-order valence-electron chi connectivity index (χ3n) is 3.06. The molecule has 2 aromatic heterocycles. The normalized spacial score (nSPS) is 10.9. The largest absolute Gasteiger partial charge is 0.497 e. The highest BCUT2D eigenvalue weighted by Crippen LogP contribution is 2.21. The maximum atomic E-state index is 5.96. The molecule has 0 radical (unpaired) electrons. The SMILES string of the molecule is COc1cccc(Cn2c(N)nc3cc(Cl)cnc32)c1. The third kappa shape index (κ3) is 2.28. The van der Waals surface area contributed by atoms with Crippen molar-refractivity contribution in [2.75, 3.05) is 12.8 Å². The van der Waals surface area contributed by atoms with Gasteiger partial charge in [0.2, 0.25) is 5.95 Å². The van der Waals surface area contributed by atoms with E-state index < -0.39 is 0 Å². The molecule has 2 heterocycles. The van der Waals surface area contributed by atoms with Gasteiger partial charge >= 0.3 is 0 Å². The lowest BCUT2D eigenvalue weighted by Crippen LogP contribution is -2.05. The molecule has 0 atom stereocenters. The van der Waals surface area contributed by atoms with Crippen LogP contribution in [0.1, 0.15) is 5.56 Å². The summed E-state index contributed by atoms with van der Waals surface area (Å²) in [7, 11) is 1.64. The van der Waals surface area contributed by atoms with Crippen LogP contribution in [0.2, 0.25) is 5.02 Å². The Kier molecular flexibility index (Phi) is 3.20. The minimum atomic E-state index is 0.414. The van der Waals surface area contributed by atoms with Gasteiger partial charge < -0.3 is 10.5 Å². The van der Waals surface area contributed by atoms with Crippen LogP contribution >= 0.6 is 11.6 Å². The molecule has 3 rings (SSSR count). The second-order valence-electron chi connectivity index (χ2n) is 4.40. The summed E-state index contributed by atoms with van der Waals surface area (Å²) in [5.41, 5.74) is 8.43. The molecule has 0 fully saturated rings. The van der Waals surface area contributed by atoms with Crippen molar-refractivity contribution >= 4 is 28.7 Å². The Morgan fingerprint density at radius 2 is 2.20 bits per heavy atom. The topological polar surface area (TPSA) is 66.0 Å². The van der Waals surface area contributed by atoms with E-state index in [1.807, 2.05) is 28.8 Å². The van der Waals surface area contributed by atoms with Crippen molar-refractivity contribution in [2.24, 2.45) is 0 Å². The number of nitrogen functional groups attached to an aromatic ring is 1. The van der Waals surface area contributed by atoms with Gasteiger partial charge in [0.05, 0.1) is 18.7 Å². The van der Waals surface area contributed by atoms with Crippen LogP contribution in [0.5, 0.6) is 5.75 Å². The molecule has 0 unspecified atom stereocenters. The van der Waals surface area contributed by atoms with Gasteiger partial charge in [0.25, 0.3) is 0 Å². The van der Waals surface area contributed by atoms with E-state index in [4.69, 9.17) is 22.1 Å². The molecular weight excluding hydrogens is 276 g/mol. The molecule has 5 nitrogen and oxygen atoms in total. The van der Waals surface area contributed by atoms with Crippen molar-refractivity contribution in [1.82, 2.24) is 14.5 Å². The fourth-order valence-corrected chi connectivity index (χ4v) is 2.27. The van der Waals surface area contributed by atoms with Gasteiger partial charge in [-0.25, -0.2) is 9.97 Å². The van der Waals surface area contributed by atoms with E-state index in [1.54, 1.807) is 19.4 Å². The third-order valence-corrected chi connectivity index (χ3v) is 3.26. The quantitative estimate of drug-likeness (QED) is 0.805. The standard InChI is InChI=1S/C14H13ClN4O/c1-20-11-4-2-3-9(5-11)8-19-13-12(18-14(19)16)6-10(15)7-17-13/h2-7H,8H2,1H3,(H2,16,18). The molecule has 0 saturated heterocycles. The first-order valence-corrected chi connectivity index (χ1v) is 6.45. The summed E-state index contributed by atoms with van der Waals surface area (Å²) in [6.07, 6.45) is 1.59. The average Bonchev–Trinajstić information content (AvgIpc) is 2.74. The highest BCUT2D eigenvalue weighted by Gasteiger charge is 2.10.